The number of hydrogen-bond donors (Lipinski definition) is 1. The summed E-state index contributed by atoms with van der Waals surface area (Å²) in [4.78, 5) is 0. The van der Waals surface area contributed by atoms with Gasteiger partial charge in [0, 0.05) is 22.3 Å². The second-order valence-electron chi connectivity index (χ2n) is 6.56. The van der Waals surface area contributed by atoms with Gasteiger partial charge in [0.2, 0.25) is 0 Å². The van der Waals surface area contributed by atoms with Gasteiger partial charge in [-0.2, -0.15) is 0 Å². The predicted molar refractivity (Wildman–Crippen MR) is 125 cm³/mol. The first-order chi connectivity index (χ1) is 14.0. The summed E-state index contributed by atoms with van der Waals surface area (Å²) in [5.41, 5.74) is 4.24. The van der Waals surface area contributed by atoms with Crippen molar-refractivity contribution in [2.24, 2.45) is 0 Å². The number of anilines is 1. The van der Waals surface area contributed by atoms with E-state index in [1.54, 1.807) is 6.07 Å². The fourth-order valence-electron chi connectivity index (χ4n) is 2.91. The smallest absolute Gasteiger partial charge is 0.175 e. The highest BCUT2D eigenvalue weighted by Crippen LogP contribution is 2.38. The Kier molecular flexibility index (Phi) is 7.70. The first-order valence-corrected chi connectivity index (χ1v) is 10.8. The first-order valence-electron chi connectivity index (χ1n) is 9.28. The van der Waals surface area contributed by atoms with E-state index in [-0.39, 0.29) is 0 Å². The number of aryl methyl sites for hydroxylation is 1. The summed E-state index contributed by atoms with van der Waals surface area (Å²) in [5, 5.41) is 4.53. The number of benzene rings is 3. The highest BCUT2D eigenvalue weighted by atomic mass is 79.9. The third-order valence-electron chi connectivity index (χ3n) is 4.36. The fraction of sp³-hybridized carbons (Fsp3) is 0.217. The quantitative estimate of drug-likeness (QED) is 0.348. The summed E-state index contributed by atoms with van der Waals surface area (Å²) in [6.45, 7) is 5.65. The molecule has 0 heterocycles. The molecule has 29 heavy (non-hydrogen) atoms. The maximum Gasteiger partial charge on any atom is 0.175 e. The van der Waals surface area contributed by atoms with Crippen molar-refractivity contribution in [3.63, 3.8) is 0 Å². The van der Waals surface area contributed by atoms with Crippen molar-refractivity contribution in [2.45, 2.75) is 27.0 Å². The fourth-order valence-corrected chi connectivity index (χ4v) is 4.04. The lowest BCUT2D eigenvalue weighted by Crippen LogP contribution is -2.04. The summed E-state index contributed by atoms with van der Waals surface area (Å²) in [7, 11) is 0. The Morgan fingerprint density at radius 2 is 1.69 bits per heavy atom. The van der Waals surface area contributed by atoms with Crippen molar-refractivity contribution in [1.82, 2.24) is 0 Å². The standard InChI is InChI=1S/C23H22BrCl2NO2/c1-3-28-22-9-16(13-27-20-11-18(25)10-19(26)12-20)8-21(24)23(22)29-14-17-7-5-4-6-15(17)2/h4-12,27H,3,13-14H2,1-2H3. The van der Waals surface area contributed by atoms with Gasteiger partial charge in [0.1, 0.15) is 6.61 Å². The zero-order chi connectivity index (χ0) is 20.8. The molecule has 0 saturated carbocycles. The van der Waals surface area contributed by atoms with Gasteiger partial charge in [0.05, 0.1) is 11.1 Å². The van der Waals surface area contributed by atoms with E-state index in [4.69, 9.17) is 32.7 Å². The minimum absolute atomic E-state index is 0.476. The normalized spacial score (nSPS) is 10.7. The summed E-state index contributed by atoms with van der Waals surface area (Å²) in [6.07, 6.45) is 0. The zero-order valence-electron chi connectivity index (χ0n) is 16.3. The number of rotatable bonds is 8. The van der Waals surface area contributed by atoms with Crippen molar-refractivity contribution in [2.75, 3.05) is 11.9 Å². The van der Waals surface area contributed by atoms with E-state index < -0.39 is 0 Å². The van der Waals surface area contributed by atoms with Crippen molar-refractivity contribution in [1.29, 1.82) is 0 Å². The molecule has 0 aliphatic rings. The molecule has 0 spiro atoms. The first kappa shape index (κ1) is 21.8. The Morgan fingerprint density at radius 1 is 0.966 bits per heavy atom. The molecule has 0 fully saturated rings. The van der Waals surface area contributed by atoms with Crippen LogP contribution in [0.15, 0.2) is 59.1 Å². The van der Waals surface area contributed by atoms with Crippen LogP contribution in [0.5, 0.6) is 11.5 Å². The summed E-state index contributed by atoms with van der Waals surface area (Å²) >= 11 is 15.8. The zero-order valence-corrected chi connectivity index (χ0v) is 19.4. The van der Waals surface area contributed by atoms with Crippen LogP contribution >= 0.6 is 39.1 Å². The van der Waals surface area contributed by atoms with Crippen molar-refractivity contribution < 1.29 is 9.47 Å². The van der Waals surface area contributed by atoms with Gasteiger partial charge >= 0.3 is 0 Å². The van der Waals surface area contributed by atoms with Crippen LogP contribution in [0.3, 0.4) is 0 Å². The Labute approximate surface area is 190 Å². The van der Waals surface area contributed by atoms with Gasteiger partial charge in [-0.05, 0) is 76.8 Å². The lowest BCUT2D eigenvalue weighted by molar-refractivity contribution is 0.267. The average molecular weight is 495 g/mol. The van der Waals surface area contributed by atoms with Crippen LogP contribution in [0.2, 0.25) is 10.0 Å². The largest absolute Gasteiger partial charge is 0.490 e. The summed E-state index contributed by atoms with van der Waals surface area (Å²) < 4.78 is 12.8. The van der Waals surface area contributed by atoms with Gasteiger partial charge in [-0.1, -0.05) is 47.5 Å². The van der Waals surface area contributed by atoms with E-state index in [9.17, 15) is 0 Å². The predicted octanol–water partition coefficient (Wildman–Crippen LogP) is 7.65. The van der Waals surface area contributed by atoms with E-state index in [0.29, 0.717) is 41.3 Å². The van der Waals surface area contributed by atoms with Crippen LogP contribution in [-0.4, -0.2) is 6.61 Å². The molecule has 6 heteroatoms. The van der Waals surface area contributed by atoms with Crippen LogP contribution in [0.1, 0.15) is 23.6 Å². The van der Waals surface area contributed by atoms with E-state index >= 15 is 0 Å². The molecule has 3 aromatic rings. The molecule has 152 valence electrons. The third kappa shape index (κ3) is 6.05. The maximum atomic E-state index is 6.11. The number of ether oxygens (including phenoxy) is 2. The minimum Gasteiger partial charge on any atom is -0.490 e. The highest BCUT2D eigenvalue weighted by molar-refractivity contribution is 9.10. The van der Waals surface area contributed by atoms with E-state index in [1.807, 2.05) is 43.3 Å². The number of nitrogens with one attached hydrogen (secondary N) is 1. The Balaban J connectivity index is 1.77. The Morgan fingerprint density at radius 3 is 2.38 bits per heavy atom. The monoisotopic (exact) mass is 493 g/mol. The molecular weight excluding hydrogens is 473 g/mol. The topological polar surface area (TPSA) is 30.5 Å². The van der Waals surface area contributed by atoms with Gasteiger partial charge in [0.25, 0.3) is 0 Å². The minimum atomic E-state index is 0.476. The molecule has 0 atom stereocenters. The molecule has 0 amide bonds. The molecule has 0 aromatic heterocycles. The van der Waals surface area contributed by atoms with Gasteiger partial charge in [0.15, 0.2) is 11.5 Å². The lowest BCUT2D eigenvalue weighted by atomic mass is 10.1. The van der Waals surface area contributed by atoms with Gasteiger partial charge in [-0.25, -0.2) is 0 Å². The van der Waals surface area contributed by atoms with Gasteiger partial charge in [-0.3, -0.25) is 0 Å². The number of hydrogen-bond acceptors (Lipinski definition) is 3. The van der Waals surface area contributed by atoms with E-state index in [1.165, 1.54) is 5.56 Å². The second-order valence-corrected chi connectivity index (χ2v) is 8.29. The molecule has 3 rings (SSSR count). The molecule has 0 bridgehead atoms. The van der Waals surface area contributed by atoms with Crippen LogP contribution in [0.25, 0.3) is 0 Å². The molecular formula is C23H22BrCl2NO2. The molecule has 0 radical (unpaired) electrons. The van der Waals surface area contributed by atoms with Gasteiger partial charge in [-0.15, -0.1) is 0 Å². The molecule has 1 N–H and O–H groups in total. The van der Waals surface area contributed by atoms with E-state index in [2.05, 4.69) is 40.3 Å². The third-order valence-corrected chi connectivity index (χ3v) is 5.39. The molecule has 0 aliphatic carbocycles. The van der Waals surface area contributed by atoms with Gasteiger partial charge < -0.3 is 14.8 Å². The lowest BCUT2D eigenvalue weighted by Gasteiger charge is -2.17. The summed E-state index contributed by atoms with van der Waals surface area (Å²) in [6, 6.07) is 17.6. The molecule has 3 nitrogen and oxygen atoms in total. The van der Waals surface area contributed by atoms with Crippen molar-refractivity contribution in [3.8, 4) is 11.5 Å². The Hall–Kier alpha value is -1.88. The number of halogens is 3. The van der Waals surface area contributed by atoms with Crippen LogP contribution in [-0.2, 0) is 13.2 Å². The van der Waals surface area contributed by atoms with Crippen LogP contribution < -0.4 is 14.8 Å². The molecule has 0 aliphatic heterocycles. The van der Waals surface area contributed by atoms with Crippen molar-refractivity contribution in [3.05, 3.63) is 85.8 Å². The average Bonchev–Trinajstić information content (AvgIpc) is 2.66. The molecule has 0 saturated heterocycles. The SMILES string of the molecule is CCOc1cc(CNc2cc(Cl)cc(Cl)c2)cc(Br)c1OCc1ccccc1C. The maximum absolute atomic E-state index is 6.11. The second kappa shape index (κ2) is 10.2. The molecule has 0 unspecified atom stereocenters. The molecule has 3 aromatic carbocycles. The highest BCUT2D eigenvalue weighted by Gasteiger charge is 2.13. The van der Waals surface area contributed by atoms with Crippen molar-refractivity contribution >= 4 is 44.8 Å². The van der Waals surface area contributed by atoms with Crippen LogP contribution in [0, 0.1) is 6.92 Å². The summed E-state index contributed by atoms with van der Waals surface area (Å²) in [5.74, 6) is 1.40. The van der Waals surface area contributed by atoms with E-state index in [0.717, 1.165) is 21.3 Å². The van der Waals surface area contributed by atoms with Crippen LogP contribution in [0.4, 0.5) is 5.69 Å². The Bertz CT molecular complexity index is 974.